The normalized spacial score (nSPS) is 11.6. The Hall–Kier alpha value is -2.44. The Labute approximate surface area is 103 Å². The molecule has 1 aromatic rings. The van der Waals surface area contributed by atoms with Crippen molar-refractivity contribution in [3.8, 4) is 0 Å². The molecule has 0 spiro atoms. The molecule has 1 aromatic heterocycles. The second kappa shape index (κ2) is 6.33. The summed E-state index contributed by atoms with van der Waals surface area (Å²) in [5.74, 6) is -2.62. The van der Waals surface area contributed by atoms with Gasteiger partial charge in [-0.3, -0.25) is 14.6 Å². The SMILES string of the molecule is NC(=O)C[C@H](NC(=O)Cc1ccccn1)C(=O)O. The van der Waals surface area contributed by atoms with Crippen LogP contribution in [0.3, 0.4) is 0 Å². The van der Waals surface area contributed by atoms with Crippen LogP contribution in [0.25, 0.3) is 0 Å². The first-order chi connectivity index (χ1) is 8.49. The number of primary amides is 1. The summed E-state index contributed by atoms with van der Waals surface area (Å²) in [5.41, 5.74) is 5.41. The molecule has 0 bridgehead atoms. The molecule has 1 atom stereocenters. The summed E-state index contributed by atoms with van der Waals surface area (Å²) < 4.78 is 0. The Morgan fingerprint density at radius 2 is 2.11 bits per heavy atom. The van der Waals surface area contributed by atoms with Gasteiger partial charge in [-0.15, -0.1) is 0 Å². The Balaban J connectivity index is 2.56. The number of hydrogen-bond acceptors (Lipinski definition) is 4. The molecule has 0 unspecified atom stereocenters. The summed E-state index contributed by atoms with van der Waals surface area (Å²) in [6.07, 6.45) is 1.04. The standard InChI is InChI=1S/C11H13N3O4/c12-9(15)6-8(11(17)18)14-10(16)5-7-3-1-2-4-13-7/h1-4,8H,5-6H2,(H2,12,15)(H,14,16)(H,17,18)/t8-/m0/s1. The molecule has 0 aliphatic rings. The van der Waals surface area contributed by atoms with E-state index in [0.717, 1.165) is 0 Å². The number of nitrogens with zero attached hydrogens (tertiary/aromatic N) is 1. The first kappa shape index (κ1) is 13.6. The second-order valence-electron chi connectivity index (χ2n) is 3.63. The minimum Gasteiger partial charge on any atom is -0.480 e. The number of carboxylic acids is 1. The molecule has 0 aliphatic heterocycles. The number of amides is 2. The van der Waals surface area contributed by atoms with Crippen molar-refractivity contribution in [3.63, 3.8) is 0 Å². The van der Waals surface area contributed by atoms with Gasteiger partial charge in [-0.2, -0.15) is 0 Å². The number of hydrogen-bond donors (Lipinski definition) is 3. The zero-order valence-electron chi connectivity index (χ0n) is 9.50. The monoisotopic (exact) mass is 251 g/mol. The minimum absolute atomic E-state index is 0.0522. The van der Waals surface area contributed by atoms with Crippen molar-refractivity contribution in [1.29, 1.82) is 0 Å². The van der Waals surface area contributed by atoms with Crippen molar-refractivity contribution in [3.05, 3.63) is 30.1 Å². The van der Waals surface area contributed by atoms with E-state index in [1.165, 1.54) is 6.20 Å². The first-order valence-electron chi connectivity index (χ1n) is 5.19. The van der Waals surface area contributed by atoms with E-state index in [9.17, 15) is 14.4 Å². The van der Waals surface area contributed by atoms with Crippen LogP contribution in [0, 0.1) is 0 Å². The van der Waals surface area contributed by atoms with Crippen molar-refractivity contribution in [1.82, 2.24) is 10.3 Å². The maximum atomic E-state index is 11.5. The van der Waals surface area contributed by atoms with Crippen LogP contribution in [0.4, 0.5) is 0 Å². The third-order valence-corrected chi connectivity index (χ3v) is 2.11. The van der Waals surface area contributed by atoms with Gasteiger partial charge < -0.3 is 16.2 Å². The predicted molar refractivity (Wildman–Crippen MR) is 61.3 cm³/mol. The smallest absolute Gasteiger partial charge is 0.326 e. The third-order valence-electron chi connectivity index (χ3n) is 2.11. The number of nitrogens with two attached hydrogens (primary N) is 1. The molecule has 0 aliphatic carbocycles. The molecule has 0 fully saturated rings. The second-order valence-corrected chi connectivity index (χ2v) is 3.63. The summed E-state index contributed by atoms with van der Waals surface area (Å²) in [4.78, 5) is 36.9. The molecular formula is C11H13N3O4. The van der Waals surface area contributed by atoms with Crippen LogP contribution in [-0.4, -0.2) is 33.9 Å². The lowest BCUT2D eigenvalue weighted by Crippen LogP contribution is -2.43. The Bertz CT molecular complexity index is 447. The van der Waals surface area contributed by atoms with E-state index in [1.54, 1.807) is 18.2 Å². The molecule has 0 aromatic carbocycles. The number of pyridine rings is 1. The number of aliphatic carboxylic acids is 1. The Kier molecular flexibility index (Phi) is 4.79. The van der Waals surface area contributed by atoms with Crippen LogP contribution in [0.1, 0.15) is 12.1 Å². The summed E-state index contributed by atoms with van der Waals surface area (Å²) in [5, 5.41) is 11.0. The summed E-state index contributed by atoms with van der Waals surface area (Å²) >= 11 is 0. The fourth-order valence-corrected chi connectivity index (χ4v) is 1.31. The van der Waals surface area contributed by atoms with Crippen LogP contribution < -0.4 is 11.1 Å². The van der Waals surface area contributed by atoms with E-state index in [4.69, 9.17) is 10.8 Å². The maximum Gasteiger partial charge on any atom is 0.326 e. The first-order valence-corrected chi connectivity index (χ1v) is 5.19. The lowest BCUT2D eigenvalue weighted by atomic mass is 10.2. The van der Waals surface area contributed by atoms with E-state index < -0.39 is 30.2 Å². The fraction of sp³-hybridized carbons (Fsp3) is 0.273. The molecule has 7 heteroatoms. The number of carboxylic acid groups (broad SMARTS) is 1. The van der Waals surface area contributed by atoms with Gasteiger partial charge in [0.2, 0.25) is 11.8 Å². The van der Waals surface area contributed by atoms with Gasteiger partial charge in [-0.25, -0.2) is 4.79 Å². The Morgan fingerprint density at radius 1 is 1.39 bits per heavy atom. The zero-order chi connectivity index (χ0) is 13.5. The highest BCUT2D eigenvalue weighted by atomic mass is 16.4. The van der Waals surface area contributed by atoms with Crippen molar-refractivity contribution >= 4 is 17.8 Å². The number of nitrogens with one attached hydrogen (secondary N) is 1. The van der Waals surface area contributed by atoms with E-state index in [2.05, 4.69) is 10.3 Å². The lowest BCUT2D eigenvalue weighted by Gasteiger charge is -2.12. The molecule has 1 rings (SSSR count). The molecule has 7 nitrogen and oxygen atoms in total. The van der Waals surface area contributed by atoms with Crippen LogP contribution in [0.15, 0.2) is 24.4 Å². The van der Waals surface area contributed by atoms with Gasteiger partial charge in [0.15, 0.2) is 0 Å². The molecule has 96 valence electrons. The fourth-order valence-electron chi connectivity index (χ4n) is 1.31. The highest BCUT2D eigenvalue weighted by Gasteiger charge is 2.22. The van der Waals surface area contributed by atoms with Gasteiger partial charge in [0.25, 0.3) is 0 Å². The average Bonchev–Trinajstić information content (AvgIpc) is 2.28. The molecular weight excluding hydrogens is 238 g/mol. The van der Waals surface area contributed by atoms with Crippen molar-refractivity contribution in [2.45, 2.75) is 18.9 Å². The molecule has 18 heavy (non-hydrogen) atoms. The van der Waals surface area contributed by atoms with Gasteiger partial charge in [-0.05, 0) is 12.1 Å². The number of aromatic nitrogens is 1. The minimum atomic E-state index is -1.31. The van der Waals surface area contributed by atoms with Crippen LogP contribution in [-0.2, 0) is 20.8 Å². The average molecular weight is 251 g/mol. The number of carbonyl (C=O) groups is 3. The maximum absolute atomic E-state index is 11.5. The number of carbonyl (C=O) groups excluding carboxylic acids is 2. The zero-order valence-corrected chi connectivity index (χ0v) is 9.50. The summed E-state index contributed by atoms with van der Waals surface area (Å²) in [6.45, 7) is 0. The lowest BCUT2D eigenvalue weighted by molar-refractivity contribution is -0.143. The van der Waals surface area contributed by atoms with Gasteiger partial charge in [0.1, 0.15) is 6.04 Å². The molecule has 0 saturated carbocycles. The highest BCUT2D eigenvalue weighted by Crippen LogP contribution is 1.97. The van der Waals surface area contributed by atoms with Crippen LogP contribution in [0.5, 0.6) is 0 Å². The van der Waals surface area contributed by atoms with Gasteiger partial charge in [-0.1, -0.05) is 6.07 Å². The summed E-state index contributed by atoms with van der Waals surface area (Å²) in [6, 6.07) is 3.75. The van der Waals surface area contributed by atoms with E-state index in [-0.39, 0.29) is 6.42 Å². The predicted octanol–water partition coefficient (Wildman–Crippen LogP) is -0.931. The van der Waals surface area contributed by atoms with Crippen molar-refractivity contribution < 1.29 is 19.5 Å². The van der Waals surface area contributed by atoms with Crippen molar-refractivity contribution in [2.75, 3.05) is 0 Å². The molecule has 1 heterocycles. The van der Waals surface area contributed by atoms with E-state index in [1.807, 2.05) is 0 Å². The third kappa shape index (κ3) is 4.60. The van der Waals surface area contributed by atoms with E-state index in [0.29, 0.717) is 5.69 Å². The van der Waals surface area contributed by atoms with E-state index >= 15 is 0 Å². The van der Waals surface area contributed by atoms with Gasteiger partial charge in [0.05, 0.1) is 12.8 Å². The topological polar surface area (TPSA) is 122 Å². The Morgan fingerprint density at radius 3 is 2.61 bits per heavy atom. The largest absolute Gasteiger partial charge is 0.480 e. The molecule has 4 N–H and O–H groups in total. The van der Waals surface area contributed by atoms with Gasteiger partial charge >= 0.3 is 5.97 Å². The molecule has 0 radical (unpaired) electrons. The van der Waals surface area contributed by atoms with Crippen molar-refractivity contribution in [2.24, 2.45) is 5.73 Å². The molecule has 2 amide bonds. The van der Waals surface area contributed by atoms with Crippen LogP contribution >= 0.6 is 0 Å². The van der Waals surface area contributed by atoms with Crippen LogP contribution in [0.2, 0.25) is 0 Å². The summed E-state index contributed by atoms with van der Waals surface area (Å²) in [7, 11) is 0. The number of rotatable bonds is 6. The quantitative estimate of drug-likeness (QED) is 0.602. The highest BCUT2D eigenvalue weighted by molar-refractivity contribution is 5.88. The van der Waals surface area contributed by atoms with Gasteiger partial charge in [0, 0.05) is 11.9 Å². The molecule has 0 saturated heterocycles.